The fourth-order valence-corrected chi connectivity index (χ4v) is 4.12. The molecule has 6 nitrogen and oxygen atoms in total. The summed E-state index contributed by atoms with van der Waals surface area (Å²) in [6, 6.07) is 14.4. The number of halogens is 1. The molecule has 0 saturated heterocycles. The van der Waals surface area contributed by atoms with E-state index >= 15 is 0 Å². The number of carbonyl (C=O) groups excluding carboxylic acids is 1. The van der Waals surface area contributed by atoms with E-state index in [1.807, 2.05) is 18.2 Å². The predicted molar refractivity (Wildman–Crippen MR) is 114 cm³/mol. The minimum Gasteiger partial charge on any atom is -0.372 e. The van der Waals surface area contributed by atoms with Gasteiger partial charge in [0.15, 0.2) is 0 Å². The summed E-state index contributed by atoms with van der Waals surface area (Å²) in [6.45, 7) is 4.26. The summed E-state index contributed by atoms with van der Waals surface area (Å²) in [5, 5.41) is 2.93. The molecule has 0 aliphatic carbocycles. The number of nitrogens with one attached hydrogen (secondary N) is 1. The van der Waals surface area contributed by atoms with Crippen LogP contribution < -0.4 is 10.2 Å². The van der Waals surface area contributed by atoms with Crippen LogP contribution in [0.3, 0.4) is 0 Å². The highest BCUT2D eigenvalue weighted by molar-refractivity contribution is 7.89. The Labute approximate surface area is 172 Å². The van der Waals surface area contributed by atoms with E-state index in [0.29, 0.717) is 6.54 Å². The highest BCUT2D eigenvalue weighted by Gasteiger charge is 2.22. The third-order valence-electron chi connectivity index (χ3n) is 4.35. The summed E-state index contributed by atoms with van der Waals surface area (Å²) >= 11 is 6.02. The van der Waals surface area contributed by atoms with Crippen molar-refractivity contribution in [2.24, 2.45) is 0 Å². The molecule has 2 aromatic rings. The molecule has 0 bridgehead atoms. The van der Waals surface area contributed by atoms with Gasteiger partial charge in [-0.25, -0.2) is 12.7 Å². The van der Waals surface area contributed by atoms with Crippen LogP contribution in [0.5, 0.6) is 0 Å². The van der Waals surface area contributed by atoms with Crippen molar-refractivity contribution in [3.63, 3.8) is 0 Å². The van der Waals surface area contributed by atoms with Crippen LogP contribution in [0.25, 0.3) is 0 Å². The standard InChI is InChI=1S/C20H26ClN3O3S/c1-4-24(17-9-6-5-7-10-17)14-8-13-22-20(25)16-11-12-18(21)19(15-16)28(26,27)23(2)3/h5-7,9-12,15H,4,8,13-14H2,1-3H3,(H,22,25). The summed E-state index contributed by atoms with van der Waals surface area (Å²) < 4.78 is 25.7. The van der Waals surface area contributed by atoms with Crippen LogP contribution in [-0.2, 0) is 10.0 Å². The molecule has 2 aromatic carbocycles. The topological polar surface area (TPSA) is 69.7 Å². The first-order valence-electron chi connectivity index (χ1n) is 9.07. The Hall–Kier alpha value is -2.09. The van der Waals surface area contributed by atoms with Crippen LogP contribution in [0.4, 0.5) is 5.69 Å². The predicted octanol–water partition coefficient (Wildman–Crippen LogP) is 3.24. The molecular weight excluding hydrogens is 398 g/mol. The highest BCUT2D eigenvalue weighted by atomic mass is 35.5. The fourth-order valence-electron chi connectivity index (χ4n) is 2.72. The van der Waals surface area contributed by atoms with Gasteiger partial charge >= 0.3 is 0 Å². The second-order valence-electron chi connectivity index (χ2n) is 6.46. The van der Waals surface area contributed by atoms with E-state index in [4.69, 9.17) is 11.6 Å². The van der Waals surface area contributed by atoms with E-state index in [1.165, 1.54) is 32.3 Å². The van der Waals surface area contributed by atoms with E-state index < -0.39 is 10.0 Å². The number of sulfonamides is 1. The fraction of sp³-hybridized carbons (Fsp3) is 0.350. The normalized spacial score (nSPS) is 11.5. The van der Waals surface area contributed by atoms with Crippen LogP contribution >= 0.6 is 11.6 Å². The van der Waals surface area contributed by atoms with Gasteiger partial charge in [-0.05, 0) is 43.7 Å². The second-order valence-corrected chi connectivity index (χ2v) is 8.98. The summed E-state index contributed by atoms with van der Waals surface area (Å²) in [6.07, 6.45) is 0.769. The molecule has 0 aliphatic heterocycles. The van der Waals surface area contributed by atoms with E-state index in [9.17, 15) is 13.2 Å². The Bertz CT molecular complexity index is 902. The molecule has 0 heterocycles. The van der Waals surface area contributed by atoms with Gasteiger partial charge in [0.25, 0.3) is 5.91 Å². The quantitative estimate of drug-likeness (QED) is 0.628. The van der Waals surface area contributed by atoms with Crippen LogP contribution in [-0.4, -0.2) is 52.4 Å². The summed E-state index contributed by atoms with van der Waals surface area (Å²) in [5.41, 5.74) is 1.41. The third-order valence-corrected chi connectivity index (χ3v) is 6.64. The van der Waals surface area contributed by atoms with E-state index in [0.717, 1.165) is 29.5 Å². The molecule has 1 amide bonds. The van der Waals surface area contributed by atoms with E-state index in [-0.39, 0.29) is 21.4 Å². The second kappa shape index (κ2) is 9.91. The van der Waals surface area contributed by atoms with Crippen molar-refractivity contribution < 1.29 is 13.2 Å². The number of anilines is 1. The van der Waals surface area contributed by atoms with E-state index in [1.54, 1.807) is 0 Å². The number of rotatable bonds is 9. The lowest BCUT2D eigenvalue weighted by Gasteiger charge is -2.23. The van der Waals surface area contributed by atoms with Crippen LogP contribution in [0.1, 0.15) is 23.7 Å². The molecule has 8 heteroatoms. The zero-order valence-electron chi connectivity index (χ0n) is 16.4. The average molecular weight is 424 g/mol. The van der Waals surface area contributed by atoms with Crippen LogP contribution in [0, 0.1) is 0 Å². The van der Waals surface area contributed by atoms with Crippen molar-refractivity contribution in [2.75, 3.05) is 38.6 Å². The maximum atomic E-state index is 12.4. The monoisotopic (exact) mass is 423 g/mol. The zero-order chi connectivity index (χ0) is 20.7. The van der Waals surface area contributed by atoms with Crippen molar-refractivity contribution in [3.05, 3.63) is 59.1 Å². The number of carbonyl (C=O) groups is 1. The Morgan fingerprint density at radius 3 is 2.39 bits per heavy atom. The Balaban J connectivity index is 1.97. The van der Waals surface area contributed by atoms with Crippen molar-refractivity contribution in [1.82, 2.24) is 9.62 Å². The maximum Gasteiger partial charge on any atom is 0.251 e. The molecule has 0 radical (unpaired) electrons. The van der Waals surface area contributed by atoms with Crippen molar-refractivity contribution in [2.45, 2.75) is 18.2 Å². The van der Waals surface area contributed by atoms with Gasteiger partial charge in [0.2, 0.25) is 10.0 Å². The Kier molecular flexibility index (Phi) is 7.86. The van der Waals surface area contributed by atoms with Crippen molar-refractivity contribution >= 4 is 33.2 Å². The first kappa shape index (κ1) is 22.2. The lowest BCUT2D eigenvalue weighted by molar-refractivity contribution is 0.0953. The van der Waals surface area contributed by atoms with Crippen LogP contribution in [0.2, 0.25) is 5.02 Å². The molecule has 0 unspecified atom stereocenters. The number of benzene rings is 2. The van der Waals surface area contributed by atoms with Gasteiger partial charge in [0.1, 0.15) is 4.90 Å². The molecule has 2 rings (SSSR count). The van der Waals surface area contributed by atoms with Gasteiger partial charge in [-0.2, -0.15) is 0 Å². The number of amides is 1. The average Bonchev–Trinajstić information content (AvgIpc) is 2.68. The van der Waals surface area contributed by atoms with E-state index in [2.05, 4.69) is 29.3 Å². The number of para-hydroxylation sites is 1. The highest BCUT2D eigenvalue weighted by Crippen LogP contribution is 2.24. The lowest BCUT2D eigenvalue weighted by Crippen LogP contribution is -2.30. The first-order valence-corrected chi connectivity index (χ1v) is 10.9. The van der Waals surface area contributed by atoms with Gasteiger partial charge in [0, 0.05) is 45.0 Å². The minimum atomic E-state index is -3.72. The molecule has 0 aliphatic rings. The summed E-state index contributed by atoms with van der Waals surface area (Å²) in [5.74, 6) is -0.324. The molecule has 1 N–H and O–H groups in total. The smallest absolute Gasteiger partial charge is 0.251 e. The third kappa shape index (κ3) is 5.47. The van der Waals surface area contributed by atoms with Crippen molar-refractivity contribution in [3.8, 4) is 0 Å². The summed E-state index contributed by atoms with van der Waals surface area (Å²) in [7, 11) is -0.877. The molecular formula is C20H26ClN3O3S. The number of hydrogen-bond acceptors (Lipinski definition) is 4. The van der Waals surface area contributed by atoms with Gasteiger partial charge in [0.05, 0.1) is 5.02 Å². The van der Waals surface area contributed by atoms with Crippen LogP contribution in [0.15, 0.2) is 53.4 Å². The Morgan fingerprint density at radius 1 is 1.11 bits per heavy atom. The minimum absolute atomic E-state index is 0.0759. The van der Waals surface area contributed by atoms with Gasteiger partial charge in [-0.1, -0.05) is 29.8 Å². The molecule has 0 atom stereocenters. The maximum absolute atomic E-state index is 12.4. The molecule has 0 saturated carbocycles. The van der Waals surface area contributed by atoms with Gasteiger partial charge in [-0.15, -0.1) is 0 Å². The van der Waals surface area contributed by atoms with Gasteiger partial charge in [-0.3, -0.25) is 4.79 Å². The molecule has 0 aromatic heterocycles. The SMILES string of the molecule is CCN(CCCNC(=O)c1ccc(Cl)c(S(=O)(=O)N(C)C)c1)c1ccccc1. The molecule has 0 fully saturated rings. The van der Waals surface area contributed by atoms with Gasteiger partial charge < -0.3 is 10.2 Å². The Morgan fingerprint density at radius 2 is 1.79 bits per heavy atom. The summed E-state index contributed by atoms with van der Waals surface area (Å²) in [4.78, 5) is 14.6. The molecule has 0 spiro atoms. The molecule has 28 heavy (non-hydrogen) atoms. The lowest BCUT2D eigenvalue weighted by atomic mass is 10.2. The zero-order valence-corrected chi connectivity index (χ0v) is 17.9. The number of hydrogen-bond donors (Lipinski definition) is 1. The van der Waals surface area contributed by atoms with Crippen molar-refractivity contribution in [1.29, 1.82) is 0 Å². The number of nitrogens with zero attached hydrogens (tertiary/aromatic N) is 2. The molecule has 152 valence electrons. The largest absolute Gasteiger partial charge is 0.372 e. The first-order chi connectivity index (χ1) is 13.3.